The van der Waals surface area contributed by atoms with Crippen LogP contribution < -0.4 is 0 Å². The predicted molar refractivity (Wildman–Crippen MR) is 24.4 cm³/mol. The molecule has 0 spiro atoms. The zero-order valence-electron chi connectivity index (χ0n) is 3.56. The summed E-state index contributed by atoms with van der Waals surface area (Å²) in [6.07, 6.45) is 0. The van der Waals surface area contributed by atoms with Gasteiger partial charge < -0.3 is 0 Å². The van der Waals surface area contributed by atoms with Gasteiger partial charge in [0, 0.05) is 0 Å². The minimum atomic E-state index is 1.62. The third-order valence-corrected chi connectivity index (χ3v) is 0.272. The first-order valence-corrected chi connectivity index (χ1v) is 1.55. The van der Waals surface area contributed by atoms with Crippen molar-refractivity contribution in [1.29, 1.82) is 0 Å². The van der Waals surface area contributed by atoms with E-state index in [-0.39, 0.29) is 0 Å². The van der Waals surface area contributed by atoms with Crippen molar-refractivity contribution in [2.24, 2.45) is 0 Å². The molecule has 0 atom stereocenters. The first kappa shape index (κ1) is 4.93. The van der Waals surface area contributed by atoms with E-state index in [4.69, 9.17) is 0 Å². The maximum atomic E-state index is 4.51. The molecule has 0 saturated carbocycles. The molecule has 0 rings (SSSR count). The van der Waals surface area contributed by atoms with Crippen molar-refractivity contribution in [3.05, 3.63) is 0 Å². The molecule has 0 heterocycles. The molecule has 0 unspecified atom stereocenters. The average Bonchev–Trinajstić information content (AvgIpc) is 1.41. The topological polar surface area (TPSA) is 9.23 Å². The van der Waals surface area contributed by atoms with Crippen molar-refractivity contribution < 1.29 is 4.65 Å². The molecule has 0 aliphatic rings. The second-order valence-corrected chi connectivity index (χ2v) is 0.705. The number of rotatable bonds is 1. The van der Waals surface area contributed by atoms with Crippen molar-refractivity contribution in [2.75, 3.05) is 7.11 Å². The molecule has 0 aliphatic heterocycles. The zero-order chi connectivity index (χ0) is 4.12. The van der Waals surface area contributed by atoms with Gasteiger partial charge >= 0.3 is 32.4 Å². The van der Waals surface area contributed by atoms with Crippen LogP contribution in [0.25, 0.3) is 0 Å². The summed E-state index contributed by atoms with van der Waals surface area (Å²) in [5.41, 5.74) is 0. The molecule has 0 aromatic rings. The fraction of sp³-hybridized carbons (Fsp3) is 1.00. The monoisotopic (exact) mass is 68.1 g/mol. The van der Waals surface area contributed by atoms with Crippen molar-refractivity contribution in [3.63, 3.8) is 0 Å². The van der Waals surface area contributed by atoms with Gasteiger partial charge in [0.25, 0.3) is 0 Å². The van der Waals surface area contributed by atoms with E-state index in [0.717, 1.165) is 0 Å². The van der Waals surface area contributed by atoms with Crippen LogP contribution in [-0.2, 0) is 4.65 Å². The van der Waals surface area contributed by atoms with Gasteiger partial charge in [-0.05, 0) is 0 Å². The Morgan fingerprint density at radius 3 is 2.20 bits per heavy atom. The van der Waals surface area contributed by atoms with Gasteiger partial charge in [-0.1, -0.05) is 0 Å². The molecule has 1 nitrogen and oxygen atoms in total. The van der Waals surface area contributed by atoms with E-state index in [1.54, 1.807) is 14.1 Å². The predicted octanol–water partition coefficient (Wildman–Crippen LogP) is -0.0807. The first-order valence-electron chi connectivity index (χ1n) is 1.55. The van der Waals surface area contributed by atoms with Crippen LogP contribution in [-0.4, -0.2) is 20.9 Å². The standard InChI is InChI=1S/C2H6B2O/c1-3-4-5-2/h1-2H3. The van der Waals surface area contributed by atoms with E-state index in [2.05, 4.69) is 4.65 Å². The SMILES string of the molecule is CB=BOC. The molecular weight excluding hydrogens is 61.6 g/mol. The molecule has 0 saturated heterocycles. The second kappa shape index (κ2) is 3.93. The van der Waals surface area contributed by atoms with Crippen LogP contribution >= 0.6 is 0 Å². The Morgan fingerprint density at radius 1 is 1.60 bits per heavy atom. The zero-order valence-corrected chi connectivity index (χ0v) is 3.56. The van der Waals surface area contributed by atoms with E-state index in [1.807, 2.05) is 13.6 Å². The Labute approximate surface area is 33.5 Å². The molecule has 3 heteroatoms. The van der Waals surface area contributed by atoms with E-state index >= 15 is 0 Å². The van der Waals surface area contributed by atoms with Crippen molar-refractivity contribution in [2.45, 2.75) is 6.82 Å². The average molecular weight is 67.7 g/mol. The summed E-state index contributed by atoms with van der Waals surface area (Å²) in [7, 11) is 3.25. The van der Waals surface area contributed by atoms with Crippen LogP contribution in [0.5, 0.6) is 0 Å². The van der Waals surface area contributed by atoms with Crippen molar-refractivity contribution in [3.8, 4) is 0 Å². The fourth-order valence-corrected chi connectivity index (χ4v) is 0.136. The minimum absolute atomic E-state index is 1.62. The van der Waals surface area contributed by atoms with Crippen LogP contribution in [0.3, 0.4) is 0 Å². The Balaban J connectivity index is 2.62. The molecule has 0 amide bonds. The quantitative estimate of drug-likeness (QED) is 0.390. The third-order valence-electron chi connectivity index (χ3n) is 0.272. The molecule has 0 aromatic carbocycles. The normalized spacial score (nSPS) is 6.00. The van der Waals surface area contributed by atoms with Gasteiger partial charge in [-0.2, -0.15) is 0 Å². The first-order chi connectivity index (χ1) is 2.41. The van der Waals surface area contributed by atoms with Gasteiger partial charge in [-0.25, -0.2) is 0 Å². The summed E-state index contributed by atoms with van der Waals surface area (Å²) in [5.74, 6) is 0. The summed E-state index contributed by atoms with van der Waals surface area (Å²) in [4.78, 5) is 0. The van der Waals surface area contributed by atoms with Crippen LogP contribution in [0.15, 0.2) is 0 Å². The number of hydrogen-bond donors (Lipinski definition) is 0. The van der Waals surface area contributed by atoms with Gasteiger partial charge in [-0.15, -0.1) is 0 Å². The molecule has 0 fully saturated rings. The van der Waals surface area contributed by atoms with Gasteiger partial charge in [0.05, 0.1) is 0 Å². The summed E-state index contributed by atoms with van der Waals surface area (Å²) in [5, 5.41) is 0. The molecular formula is C2H6B2O. The van der Waals surface area contributed by atoms with Crippen LogP contribution in [0.1, 0.15) is 0 Å². The fourth-order valence-electron chi connectivity index (χ4n) is 0.136. The van der Waals surface area contributed by atoms with E-state index in [9.17, 15) is 0 Å². The molecule has 0 aromatic heterocycles. The molecule has 26 valence electrons. The molecule has 0 bridgehead atoms. The van der Waals surface area contributed by atoms with E-state index in [1.165, 1.54) is 0 Å². The third kappa shape index (κ3) is 3.93. The molecule has 0 aliphatic carbocycles. The Kier molecular flexibility index (Phi) is 3.87. The summed E-state index contributed by atoms with van der Waals surface area (Å²) >= 11 is 0. The van der Waals surface area contributed by atoms with E-state index < -0.39 is 0 Å². The molecule has 5 heavy (non-hydrogen) atoms. The van der Waals surface area contributed by atoms with Gasteiger partial charge in [-0.3, -0.25) is 0 Å². The number of hydrogen-bond acceptors (Lipinski definition) is 1. The summed E-state index contributed by atoms with van der Waals surface area (Å²) in [6.45, 7) is 3.74. The second-order valence-electron chi connectivity index (χ2n) is 0.705. The van der Waals surface area contributed by atoms with Gasteiger partial charge in [0.15, 0.2) is 0 Å². The van der Waals surface area contributed by atoms with Crippen molar-refractivity contribution in [1.82, 2.24) is 0 Å². The van der Waals surface area contributed by atoms with Crippen LogP contribution in [0.4, 0.5) is 0 Å². The Morgan fingerprint density at radius 2 is 2.20 bits per heavy atom. The van der Waals surface area contributed by atoms with E-state index in [0.29, 0.717) is 0 Å². The summed E-state index contributed by atoms with van der Waals surface area (Å²) < 4.78 is 4.51. The van der Waals surface area contributed by atoms with Crippen molar-refractivity contribution >= 4 is 13.8 Å². The maximum absolute atomic E-state index is 4.51. The Hall–Kier alpha value is -0.0701. The van der Waals surface area contributed by atoms with Crippen LogP contribution in [0.2, 0.25) is 6.82 Å². The van der Waals surface area contributed by atoms with Crippen LogP contribution in [0, 0.1) is 0 Å². The summed E-state index contributed by atoms with van der Waals surface area (Å²) in [6, 6.07) is 0. The van der Waals surface area contributed by atoms with Gasteiger partial charge in [0.1, 0.15) is 0 Å². The molecule has 0 radical (unpaired) electrons. The molecule has 0 N–H and O–H groups in total. The van der Waals surface area contributed by atoms with Gasteiger partial charge in [0.2, 0.25) is 0 Å². The Bertz CT molecular complexity index is 34.6.